The summed E-state index contributed by atoms with van der Waals surface area (Å²) in [6.45, 7) is 0.235. The highest BCUT2D eigenvalue weighted by molar-refractivity contribution is 7.17. The molecule has 0 radical (unpaired) electrons. The second kappa shape index (κ2) is 8.70. The van der Waals surface area contributed by atoms with E-state index in [2.05, 4.69) is 4.99 Å². The minimum absolute atomic E-state index is 0.00579. The summed E-state index contributed by atoms with van der Waals surface area (Å²) in [6.07, 6.45) is 4.91. The van der Waals surface area contributed by atoms with E-state index in [9.17, 15) is 13.6 Å². The lowest BCUT2D eigenvalue weighted by Gasteiger charge is -2.45. The van der Waals surface area contributed by atoms with Crippen molar-refractivity contribution in [3.63, 3.8) is 0 Å². The number of carbonyl (C=O) groups is 1. The molecule has 3 aliphatic rings. The molecule has 4 atom stereocenters. The highest BCUT2D eigenvalue weighted by atomic mass is 31.0. The molecule has 2 aliphatic heterocycles. The van der Waals surface area contributed by atoms with Crippen molar-refractivity contribution < 1.29 is 23.0 Å². The largest absolute Gasteiger partial charge is 0.490 e. The van der Waals surface area contributed by atoms with E-state index in [0.717, 1.165) is 0 Å². The first-order valence-electron chi connectivity index (χ1n) is 9.38. The maximum atomic E-state index is 14.6. The van der Waals surface area contributed by atoms with Crippen molar-refractivity contribution in [1.82, 2.24) is 4.90 Å². The number of hydrogen-bond acceptors (Lipinski definition) is 5. The van der Waals surface area contributed by atoms with Crippen LogP contribution in [0.5, 0.6) is 5.75 Å². The molecular weight excluding hydrogens is 387 g/mol. The van der Waals surface area contributed by atoms with Crippen LogP contribution < -0.4 is 10.5 Å². The van der Waals surface area contributed by atoms with Crippen molar-refractivity contribution in [3.05, 3.63) is 29.6 Å². The van der Waals surface area contributed by atoms with Crippen LogP contribution in [0.15, 0.2) is 23.2 Å². The number of guanidine groups is 1. The lowest BCUT2D eigenvalue weighted by atomic mass is 9.74. The van der Waals surface area contributed by atoms with Crippen LogP contribution in [0.4, 0.5) is 8.78 Å². The maximum Gasteiger partial charge on any atom is 0.235 e. The van der Waals surface area contributed by atoms with Crippen LogP contribution in [0.1, 0.15) is 31.2 Å². The Balaban J connectivity index is 0.000000684. The van der Waals surface area contributed by atoms with E-state index < -0.39 is 23.2 Å². The van der Waals surface area contributed by atoms with E-state index in [0.29, 0.717) is 18.8 Å². The van der Waals surface area contributed by atoms with Crippen molar-refractivity contribution in [2.24, 2.45) is 16.6 Å². The monoisotopic (exact) mass is 413 g/mol. The van der Waals surface area contributed by atoms with E-state index in [-0.39, 0.29) is 30.6 Å². The van der Waals surface area contributed by atoms with Crippen LogP contribution in [-0.2, 0) is 15.1 Å². The quantitative estimate of drug-likeness (QED) is 0.770. The lowest BCUT2D eigenvalue weighted by molar-refractivity contribution is -0.140. The summed E-state index contributed by atoms with van der Waals surface area (Å²) in [4.78, 5) is 18.4. The van der Waals surface area contributed by atoms with Crippen molar-refractivity contribution in [2.45, 2.75) is 37.1 Å². The molecule has 1 saturated heterocycles. The van der Waals surface area contributed by atoms with E-state index in [1.54, 1.807) is 0 Å². The molecule has 1 aliphatic carbocycles. The second-order valence-corrected chi connectivity index (χ2v) is 7.94. The molecule has 2 N–H and O–H groups in total. The molecular formula is C19H26F2N3O3P. The zero-order valence-corrected chi connectivity index (χ0v) is 17.0. The van der Waals surface area contributed by atoms with E-state index >= 15 is 0 Å². The van der Waals surface area contributed by atoms with Crippen LogP contribution in [0.3, 0.4) is 0 Å². The summed E-state index contributed by atoms with van der Waals surface area (Å²) < 4.78 is 38.5. The van der Waals surface area contributed by atoms with Crippen LogP contribution in [0, 0.1) is 11.7 Å². The number of alkyl halides is 1. The molecule has 6 nitrogen and oxygen atoms in total. The van der Waals surface area contributed by atoms with Gasteiger partial charge in [-0.1, -0.05) is 28.5 Å². The highest BCUT2D eigenvalue weighted by Gasteiger charge is 2.52. The fourth-order valence-electron chi connectivity index (χ4n) is 3.26. The molecule has 1 aromatic carbocycles. The van der Waals surface area contributed by atoms with Crippen LogP contribution in [0.25, 0.3) is 0 Å². The maximum absolute atomic E-state index is 14.6. The van der Waals surface area contributed by atoms with Gasteiger partial charge in [-0.15, -0.1) is 0 Å². The Morgan fingerprint density at radius 1 is 1.46 bits per heavy atom. The van der Waals surface area contributed by atoms with E-state index in [1.807, 2.05) is 9.24 Å². The normalized spacial score (nSPS) is 27.1. The summed E-state index contributed by atoms with van der Waals surface area (Å²) in [7, 11) is 3.52. The molecule has 28 heavy (non-hydrogen) atoms. The molecule has 0 aromatic heterocycles. The number of halogens is 2. The molecule has 0 spiro atoms. The molecule has 2 heterocycles. The summed E-state index contributed by atoms with van der Waals surface area (Å²) in [5.41, 5.74) is 4.80. The van der Waals surface area contributed by atoms with E-state index in [4.69, 9.17) is 15.2 Å². The van der Waals surface area contributed by atoms with Gasteiger partial charge in [-0.25, -0.2) is 13.8 Å². The van der Waals surface area contributed by atoms with Crippen molar-refractivity contribution in [3.8, 4) is 5.75 Å². The Bertz CT molecular complexity index is 757. The van der Waals surface area contributed by atoms with Gasteiger partial charge in [0.1, 0.15) is 29.6 Å². The molecule has 1 aromatic rings. The Morgan fingerprint density at radius 3 is 2.82 bits per heavy atom. The van der Waals surface area contributed by atoms with Gasteiger partial charge in [-0.2, -0.15) is 0 Å². The molecule has 1 amide bonds. The van der Waals surface area contributed by atoms with Gasteiger partial charge in [-0.3, -0.25) is 9.69 Å². The number of ether oxygens (including phenoxy) is 2. The van der Waals surface area contributed by atoms with Crippen molar-refractivity contribution >= 4 is 21.1 Å². The molecule has 4 unspecified atom stereocenters. The third kappa shape index (κ3) is 4.44. The smallest absolute Gasteiger partial charge is 0.235 e. The van der Waals surface area contributed by atoms with Crippen LogP contribution >= 0.6 is 9.24 Å². The Kier molecular flexibility index (Phi) is 6.50. The number of benzene rings is 1. The topological polar surface area (TPSA) is 77.2 Å². The molecule has 1 saturated carbocycles. The fourth-order valence-corrected chi connectivity index (χ4v) is 3.36. The number of carbonyl (C=O) groups excluding carboxylic acids is 1. The van der Waals surface area contributed by atoms with Gasteiger partial charge in [0.15, 0.2) is 5.96 Å². The van der Waals surface area contributed by atoms with Gasteiger partial charge in [0.05, 0.1) is 12.5 Å². The Morgan fingerprint density at radius 2 is 2.18 bits per heavy atom. The molecule has 2 fully saturated rings. The van der Waals surface area contributed by atoms with Gasteiger partial charge in [-0.05, 0) is 24.6 Å². The first kappa shape index (κ1) is 20.9. The van der Waals surface area contributed by atoms with Crippen LogP contribution in [0.2, 0.25) is 0 Å². The summed E-state index contributed by atoms with van der Waals surface area (Å²) in [6, 6.07) is 4.07. The number of amides is 1. The summed E-state index contributed by atoms with van der Waals surface area (Å²) in [5.74, 6) is -2.30. The number of nitrogens with zero attached hydrogens (tertiary/aromatic N) is 2. The first-order valence-corrected chi connectivity index (χ1v) is 10.0. The Hall–Kier alpha value is -1.79. The number of hydrogen-bond donors (Lipinski definition) is 1. The van der Waals surface area contributed by atoms with Gasteiger partial charge in [0.2, 0.25) is 5.91 Å². The van der Waals surface area contributed by atoms with Crippen molar-refractivity contribution in [1.29, 1.82) is 0 Å². The number of nitrogens with two attached hydrogens (primary N) is 1. The number of aliphatic imine (C=N–C) groups is 1. The fraction of sp³-hybridized carbons (Fsp3) is 0.579. The highest BCUT2D eigenvalue weighted by Crippen LogP contribution is 2.44. The lowest BCUT2D eigenvalue weighted by Crippen LogP contribution is -2.58. The minimum atomic E-state index is -1.24. The SMILES string of the molecule is C1CC1.CN1C(=O)C2CCOCC2(c2cc(OCC(F)P)ccc2F)N=C1N. The zero-order chi connectivity index (χ0) is 20.3. The predicted octanol–water partition coefficient (Wildman–Crippen LogP) is 2.56. The first-order chi connectivity index (χ1) is 13.3. The summed E-state index contributed by atoms with van der Waals surface area (Å²) >= 11 is 0. The molecule has 9 heteroatoms. The third-order valence-corrected chi connectivity index (χ3v) is 5.10. The van der Waals surface area contributed by atoms with Crippen molar-refractivity contribution in [2.75, 3.05) is 26.9 Å². The van der Waals surface area contributed by atoms with Crippen LogP contribution in [-0.4, -0.2) is 49.5 Å². The average molecular weight is 413 g/mol. The van der Waals surface area contributed by atoms with Gasteiger partial charge in [0, 0.05) is 19.2 Å². The number of fused-ring (bicyclic) bond motifs is 1. The summed E-state index contributed by atoms with van der Waals surface area (Å²) in [5, 5.41) is 0. The molecule has 0 bridgehead atoms. The molecule has 154 valence electrons. The number of rotatable bonds is 4. The zero-order valence-electron chi connectivity index (χ0n) is 15.9. The predicted molar refractivity (Wildman–Crippen MR) is 105 cm³/mol. The average Bonchev–Trinajstić information content (AvgIpc) is 3.55. The second-order valence-electron chi connectivity index (χ2n) is 7.21. The molecule has 4 rings (SSSR count). The Labute approximate surface area is 165 Å². The third-order valence-electron chi connectivity index (χ3n) is 4.90. The van der Waals surface area contributed by atoms with E-state index in [1.165, 1.54) is 49.4 Å². The van der Waals surface area contributed by atoms with Gasteiger partial charge in [0.25, 0.3) is 0 Å². The van der Waals surface area contributed by atoms with Gasteiger partial charge < -0.3 is 15.2 Å². The standard InChI is InChI=1S/C16H20F2N3O3P.C3H6/c1-21-14(22)10-4-5-23-8-16(10,20-15(21)19)11-6-9(2-3-12(11)17)24-7-13(18)25;1-2-3-1/h2-3,6,10,13H,4-5,7-8,25H2,1H3,(H2,19,20);1-3H2. The minimum Gasteiger partial charge on any atom is -0.490 e. The van der Waals surface area contributed by atoms with Gasteiger partial charge >= 0.3 is 0 Å².